The third-order valence-corrected chi connectivity index (χ3v) is 3.28. The number of carbonyl (C=O) groups excluding carboxylic acids is 1. The van der Waals surface area contributed by atoms with Crippen molar-refractivity contribution in [3.8, 4) is 0 Å². The number of halogens is 2. The van der Waals surface area contributed by atoms with Gasteiger partial charge in [0.05, 0.1) is 10.7 Å². The highest BCUT2D eigenvalue weighted by atomic mass is 35.5. The van der Waals surface area contributed by atoms with Crippen molar-refractivity contribution in [2.45, 2.75) is 6.42 Å². The lowest BCUT2D eigenvalue weighted by atomic mass is 10.3. The maximum atomic E-state index is 12.0. The Morgan fingerprint density at radius 3 is 2.89 bits per heavy atom. The van der Waals surface area contributed by atoms with Gasteiger partial charge in [-0.3, -0.25) is 0 Å². The van der Waals surface area contributed by atoms with Crippen molar-refractivity contribution in [3.05, 3.63) is 28.2 Å². The fourth-order valence-corrected chi connectivity index (χ4v) is 2.23. The number of anilines is 1. The average molecular weight is 287 g/mol. The Morgan fingerprint density at radius 1 is 1.28 bits per heavy atom. The molecule has 6 heteroatoms. The van der Waals surface area contributed by atoms with Crippen LogP contribution in [0.25, 0.3) is 0 Å². The minimum Gasteiger partial charge on any atom is -0.323 e. The molecule has 1 fully saturated rings. The predicted molar refractivity (Wildman–Crippen MR) is 73.5 cm³/mol. The van der Waals surface area contributed by atoms with Gasteiger partial charge in [0, 0.05) is 31.2 Å². The van der Waals surface area contributed by atoms with Gasteiger partial charge in [-0.1, -0.05) is 23.2 Å². The van der Waals surface area contributed by atoms with Crippen molar-refractivity contribution in [1.82, 2.24) is 10.2 Å². The van der Waals surface area contributed by atoms with Gasteiger partial charge in [0.1, 0.15) is 0 Å². The third-order valence-electron chi connectivity index (χ3n) is 2.73. The molecule has 0 bridgehead atoms. The Balaban J connectivity index is 2.01. The molecule has 0 atom stereocenters. The first-order chi connectivity index (χ1) is 8.66. The molecular weight excluding hydrogens is 273 g/mol. The Hall–Kier alpha value is -0.970. The van der Waals surface area contributed by atoms with Crippen molar-refractivity contribution >= 4 is 34.9 Å². The normalized spacial score (nSPS) is 16.2. The summed E-state index contributed by atoms with van der Waals surface area (Å²) in [4.78, 5) is 13.8. The predicted octanol–water partition coefficient (Wildman–Crippen LogP) is 2.84. The largest absolute Gasteiger partial charge is 0.323 e. The summed E-state index contributed by atoms with van der Waals surface area (Å²) in [6.07, 6.45) is 0.905. The van der Waals surface area contributed by atoms with Crippen LogP contribution in [-0.2, 0) is 0 Å². The first-order valence-electron chi connectivity index (χ1n) is 5.81. The van der Waals surface area contributed by atoms with E-state index in [1.165, 1.54) is 0 Å². The third kappa shape index (κ3) is 3.51. The van der Waals surface area contributed by atoms with Gasteiger partial charge in [0.15, 0.2) is 0 Å². The van der Waals surface area contributed by atoms with Gasteiger partial charge in [0.2, 0.25) is 0 Å². The van der Waals surface area contributed by atoms with E-state index in [1.54, 1.807) is 23.1 Å². The lowest BCUT2D eigenvalue weighted by Gasteiger charge is -2.20. The van der Waals surface area contributed by atoms with Crippen molar-refractivity contribution in [1.29, 1.82) is 0 Å². The van der Waals surface area contributed by atoms with Crippen molar-refractivity contribution in [3.63, 3.8) is 0 Å². The first kappa shape index (κ1) is 13.5. The van der Waals surface area contributed by atoms with Crippen LogP contribution in [0.2, 0.25) is 10.0 Å². The van der Waals surface area contributed by atoms with Crippen LogP contribution in [0.15, 0.2) is 18.2 Å². The van der Waals surface area contributed by atoms with E-state index >= 15 is 0 Å². The summed E-state index contributed by atoms with van der Waals surface area (Å²) in [7, 11) is 0. The summed E-state index contributed by atoms with van der Waals surface area (Å²) in [6.45, 7) is 2.89. The Morgan fingerprint density at radius 2 is 2.11 bits per heavy atom. The standard InChI is InChI=1S/C12H14Cl2N3O/c13-9-2-3-11(10(14)8-9)16-12(18)17-6-1-4-15-5-7-17/h2-3,8H,1,4-7H2,(H,16,18). The van der Waals surface area contributed by atoms with E-state index in [4.69, 9.17) is 23.2 Å². The molecule has 1 N–H and O–H groups in total. The summed E-state index contributed by atoms with van der Waals surface area (Å²) < 4.78 is 0. The van der Waals surface area contributed by atoms with Crippen LogP contribution < -0.4 is 10.6 Å². The van der Waals surface area contributed by atoms with Gasteiger partial charge in [-0.15, -0.1) is 0 Å². The highest BCUT2D eigenvalue weighted by Crippen LogP contribution is 2.25. The van der Waals surface area contributed by atoms with Crippen molar-refractivity contribution in [2.24, 2.45) is 0 Å². The van der Waals surface area contributed by atoms with E-state index in [1.807, 2.05) is 0 Å². The molecule has 18 heavy (non-hydrogen) atoms. The van der Waals surface area contributed by atoms with E-state index in [2.05, 4.69) is 10.6 Å². The van der Waals surface area contributed by atoms with Crippen LogP contribution in [0.3, 0.4) is 0 Å². The Bertz CT molecular complexity index is 431. The van der Waals surface area contributed by atoms with Gasteiger partial charge in [0.25, 0.3) is 0 Å². The van der Waals surface area contributed by atoms with Crippen LogP contribution in [0.5, 0.6) is 0 Å². The monoisotopic (exact) mass is 286 g/mol. The minimum absolute atomic E-state index is 0.142. The second kappa shape index (κ2) is 6.27. The average Bonchev–Trinajstić information content (AvgIpc) is 2.61. The number of urea groups is 1. The van der Waals surface area contributed by atoms with E-state index in [0.717, 1.165) is 19.5 Å². The lowest BCUT2D eigenvalue weighted by Crippen LogP contribution is -2.37. The van der Waals surface area contributed by atoms with Crippen LogP contribution in [-0.4, -0.2) is 37.1 Å². The molecule has 1 aliphatic rings. The maximum Gasteiger partial charge on any atom is 0.321 e. The zero-order valence-corrected chi connectivity index (χ0v) is 11.3. The molecule has 0 spiro atoms. The molecule has 1 aromatic rings. The van der Waals surface area contributed by atoms with Gasteiger partial charge < -0.3 is 10.2 Å². The van der Waals surface area contributed by atoms with Crippen LogP contribution in [0.4, 0.5) is 10.5 Å². The fourth-order valence-electron chi connectivity index (χ4n) is 1.78. The lowest BCUT2D eigenvalue weighted by molar-refractivity contribution is 0.215. The summed E-state index contributed by atoms with van der Waals surface area (Å²) in [6, 6.07) is 4.86. The minimum atomic E-state index is -0.142. The van der Waals surface area contributed by atoms with Gasteiger partial charge >= 0.3 is 6.03 Å². The zero-order chi connectivity index (χ0) is 13.0. The van der Waals surface area contributed by atoms with Gasteiger partial charge in [-0.05, 0) is 24.6 Å². The topological polar surface area (TPSA) is 46.4 Å². The fraction of sp³-hybridized carbons (Fsp3) is 0.417. The number of carbonyl (C=O) groups is 1. The molecule has 1 aromatic carbocycles. The molecule has 0 aliphatic carbocycles. The number of hydrogen-bond donors (Lipinski definition) is 1. The van der Waals surface area contributed by atoms with E-state index in [-0.39, 0.29) is 6.03 Å². The number of benzene rings is 1. The SMILES string of the molecule is O=C(Nc1ccc(Cl)cc1Cl)N1CCC[N]CC1. The van der Waals surface area contributed by atoms with Gasteiger partial charge in [-0.2, -0.15) is 0 Å². The molecule has 1 heterocycles. The number of hydrogen-bond acceptors (Lipinski definition) is 1. The number of nitrogens with one attached hydrogen (secondary N) is 1. The number of nitrogens with zero attached hydrogens (tertiary/aromatic N) is 2. The van der Waals surface area contributed by atoms with Crippen LogP contribution in [0.1, 0.15) is 6.42 Å². The molecular formula is C12H14Cl2N3O. The van der Waals surface area contributed by atoms with E-state index in [9.17, 15) is 4.79 Å². The molecule has 0 aromatic heterocycles. The van der Waals surface area contributed by atoms with Crippen molar-refractivity contribution < 1.29 is 4.79 Å². The molecule has 97 valence electrons. The molecule has 1 aliphatic heterocycles. The second-order valence-electron chi connectivity index (χ2n) is 4.07. The highest BCUT2D eigenvalue weighted by Gasteiger charge is 2.16. The van der Waals surface area contributed by atoms with Crippen molar-refractivity contribution in [2.75, 3.05) is 31.5 Å². The molecule has 1 radical (unpaired) electrons. The quantitative estimate of drug-likeness (QED) is 0.848. The zero-order valence-electron chi connectivity index (χ0n) is 9.83. The summed E-state index contributed by atoms with van der Waals surface area (Å²) >= 11 is 11.8. The molecule has 1 saturated heterocycles. The molecule has 0 unspecified atom stereocenters. The smallest absolute Gasteiger partial charge is 0.321 e. The Kier molecular flexibility index (Phi) is 4.69. The van der Waals surface area contributed by atoms with E-state index in [0.29, 0.717) is 28.8 Å². The van der Waals surface area contributed by atoms with E-state index < -0.39 is 0 Å². The second-order valence-corrected chi connectivity index (χ2v) is 4.91. The van der Waals surface area contributed by atoms with Crippen LogP contribution >= 0.6 is 23.2 Å². The molecule has 2 rings (SSSR count). The first-order valence-corrected chi connectivity index (χ1v) is 6.56. The molecule has 0 saturated carbocycles. The Labute approximate surface area is 116 Å². The van der Waals surface area contributed by atoms with Gasteiger partial charge in [-0.25, -0.2) is 10.1 Å². The number of rotatable bonds is 1. The summed E-state index contributed by atoms with van der Waals surface area (Å²) in [5.41, 5.74) is 0.576. The number of amides is 2. The van der Waals surface area contributed by atoms with Crippen LogP contribution in [0, 0.1) is 0 Å². The maximum absolute atomic E-state index is 12.0. The highest BCUT2D eigenvalue weighted by molar-refractivity contribution is 6.36. The molecule has 4 nitrogen and oxygen atoms in total. The summed E-state index contributed by atoms with van der Waals surface area (Å²) in [5.74, 6) is 0. The molecule has 2 amide bonds. The summed E-state index contributed by atoms with van der Waals surface area (Å²) in [5, 5.41) is 8.05.